The Labute approximate surface area is 178 Å². The van der Waals surface area contributed by atoms with E-state index in [1.807, 2.05) is 24.3 Å². The molecule has 1 unspecified atom stereocenters. The first kappa shape index (κ1) is 20.1. The molecule has 0 saturated carbocycles. The fourth-order valence-electron chi connectivity index (χ4n) is 4.16. The van der Waals surface area contributed by atoms with Gasteiger partial charge in [-0.2, -0.15) is 10.5 Å². The van der Waals surface area contributed by atoms with E-state index in [9.17, 15) is 19.7 Å². The van der Waals surface area contributed by atoms with Gasteiger partial charge in [0, 0.05) is 12.5 Å². The standard InChI is InChI=1S/C24H18FN5O/c25-21-11-5-18(6-12-21)22-15-30(23(28)31)29-24(22,19-7-1-16(13-26)2-8-19)20-9-3-17(14-27)4-10-20/h1-12,22,29H,15H2,(H2,28,31). The number of primary amides is 1. The SMILES string of the molecule is N#Cc1ccc(C2(c3ccc(C#N)cc3)NN(C(N)=O)CC2c2ccc(F)cc2)cc1. The summed E-state index contributed by atoms with van der Waals surface area (Å²) in [5.41, 5.74) is 11.4. The van der Waals surface area contributed by atoms with Crippen LogP contribution in [0.4, 0.5) is 9.18 Å². The number of carbonyl (C=O) groups is 1. The average molecular weight is 411 g/mol. The van der Waals surface area contributed by atoms with Crippen LogP contribution in [0.15, 0.2) is 72.8 Å². The minimum atomic E-state index is -0.936. The van der Waals surface area contributed by atoms with Crippen molar-refractivity contribution < 1.29 is 9.18 Å². The summed E-state index contributed by atoms with van der Waals surface area (Å²) in [5, 5.41) is 19.7. The Kier molecular flexibility index (Phi) is 5.12. The van der Waals surface area contributed by atoms with Crippen LogP contribution in [0.2, 0.25) is 0 Å². The van der Waals surface area contributed by atoms with Gasteiger partial charge >= 0.3 is 6.03 Å². The highest BCUT2D eigenvalue weighted by Gasteiger charge is 2.50. The van der Waals surface area contributed by atoms with E-state index < -0.39 is 11.6 Å². The molecule has 3 N–H and O–H groups in total. The lowest BCUT2D eigenvalue weighted by Crippen LogP contribution is -2.49. The molecule has 2 amide bonds. The van der Waals surface area contributed by atoms with Crippen molar-refractivity contribution in [2.45, 2.75) is 11.5 Å². The van der Waals surface area contributed by atoms with Crippen molar-refractivity contribution in [2.24, 2.45) is 5.73 Å². The highest BCUT2D eigenvalue weighted by atomic mass is 19.1. The van der Waals surface area contributed by atoms with Crippen molar-refractivity contribution >= 4 is 6.03 Å². The molecule has 1 aliphatic heterocycles. The molecule has 3 aromatic rings. The van der Waals surface area contributed by atoms with Crippen molar-refractivity contribution in [3.8, 4) is 12.1 Å². The third-order valence-electron chi connectivity index (χ3n) is 5.68. The molecule has 0 aliphatic carbocycles. The first-order valence-corrected chi connectivity index (χ1v) is 9.59. The normalized spacial score (nSPS) is 17.0. The Morgan fingerprint density at radius 3 is 1.84 bits per heavy atom. The largest absolute Gasteiger partial charge is 0.350 e. The van der Waals surface area contributed by atoms with E-state index in [1.54, 1.807) is 36.4 Å². The minimum absolute atomic E-state index is 0.251. The fraction of sp³-hybridized carbons (Fsp3) is 0.125. The van der Waals surface area contributed by atoms with Crippen molar-refractivity contribution in [1.29, 1.82) is 10.5 Å². The second-order valence-electron chi connectivity index (χ2n) is 7.35. The average Bonchev–Trinajstić information content (AvgIpc) is 3.22. The summed E-state index contributed by atoms with van der Waals surface area (Å²) in [6.45, 7) is 0.251. The van der Waals surface area contributed by atoms with Gasteiger partial charge < -0.3 is 5.73 Å². The zero-order valence-corrected chi connectivity index (χ0v) is 16.4. The number of nitrogens with one attached hydrogen (secondary N) is 1. The third-order valence-corrected chi connectivity index (χ3v) is 5.68. The van der Waals surface area contributed by atoms with Gasteiger partial charge in [-0.15, -0.1) is 0 Å². The number of hydrazine groups is 1. The Morgan fingerprint density at radius 2 is 1.42 bits per heavy atom. The number of halogens is 1. The first-order valence-electron chi connectivity index (χ1n) is 9.59. The van der Waals surface area contributed by atoms with Crippen LogP contribution in [0.25, 0.3) is 0 Å². The van der Waals surface area contributed by atoms with E-state index in [1.165, 1.54) is 17.1 Å². The van der Waals surface area contributed by atoms with Gasteiger partial charge in [0.15, 0.2) is 0 Å². The highest BCUT2D eigenvalue weighted by Crippen LogP contribution is 2.47. The smallest absolute Gasteiger partial charge is 0.329 e. The molecule has 0 aromatic heterocycles. The molecule has 4 rings (SSSR count). The zero-order valence-electron chi connectivity index (χ0n) is 16.4. The molecule has 0 spiro atoms. The molecule has 0 bridgehead atoms. The van der Waals surface area contributed by atoms with Crippen LogP contribution < -0.4 is 11.2 Å². The van der Waals surface area contributed by atoms with E-state index >= 15 is 0 Å². The van der Waals surface area contributed by atoms with Crippen molar-refractivity contribution in [3.05, 3.63) is 106 Å². The number of hydrogen-bond acceptors (Lipinski definition) is 4. The first-order chi connectivity index (χ1) is 15.0. The fourth-order valence-corrected chi connectivity index (χ4v) is 4.16. The Hall–Kier alpha value is -4.20. The minimum Gasteiger partial charge on any atom is -0.350 e. The maximum Gasteiger partial charge on any atom is 0.329 e. The summed E-state index contributed by atoms with van der Waals surface area (Å²) < 4.78 is 13.6. The van der Waals surface area contributed by atoms with Crippen molar-refractivity contribution in [2.75, 3.05) is 6.54 Å². The number of rotatable bonds is 3. The summed E-state index contributed by atoms with van der Waals surface area (Å²) in [6, 6.07) is 23.8. The van der Waals surface area contributed by atoms with Gasteiger partial charge in [0.2, 0.25) is 0 Å². The van der Waals surface area contributed by atoms with Gasteiger partial charge in [0.25, 0.3) is 0 Å². The van der Waals surface area contributed by atoms with Gasteiger partial charge in [-0.1, -0.05) is 36.4 Å². The number of nitrogens with two attached hydrogens (primary N) is 1. The van der Waals surface area contributed by atoms with E-state index in [2.05, 4.69) is 17.6 Å². The van der Waals surface area contributed by atoms with Crippen LogP contribution in [-0.2, 0) is 5.54 Å². The number of nitrogens with zero attached hydrogens (tertiary/aromatic N) is 3. The summed E-state index contributed by atoms with van der Waals surface area (Å²) in [6.07, 6.45) is 0. The molecule has 3 aromatic carbocycles. The highest BCUT2D eigenvalue weighted by molar-refractivity contribution is 5.72. The van der Waals surface area contributed by atoms with Crippen molar-refractivity contribution in [3.63, 3.8) is 0 Å². The van der Waals surface area contributed by atoms with Crippen LogP contribution in [0.3, 0.4) is 0 Å². The molecule has 1 aliphatic rings. The third kappa shape index (κ3) is 3.48. The summed E-state index contributed by atoms with van der Waals surface area (Å²) in [4.78, 5) is 12.1. The number of nitriles is 2. The zero-order chi connectivity index (χ0) is 22.0. The van der Waals surface area contributed by atoms with E-state index in [0.717, 1.165) is 16.7 Å². The molecule has 1 atom stereocenters. The molecular formula is C24H18FN5O. The Morgan fingerprint density at radius 1 is 0.935 bits per heavy atom. The topological polar surface area (TPSA) is 106 Å². The lowest BCUT2D eigenvalue weighted by molar-refractivity contribution is 0.189. The van der Waals surface area contributed by atoms with Gasteiger partial charge in [-0.3, -0.25) is 5.01 Å². The molecule has 152 valence electrons. The quantitative estimate of drug-likeness (QED) is 0.688. The molecule has 6 nitrogen and oxygen atoms in total. The van der Waals surface area contributed by atoms with Crippen LogP contribution in [-0.4, -0.2) is 17.6 Å². The molecular weight excluding hydrogens is 393 g/mol. The molecule has 31 heavy (non-hydrogen) atoms. The lowest BCUT2D eigenvalue weighted by Gasteiger charge is -2.36. The van der Waals surface area contributed by atoms with Crippen LogP contribution in [0.5, 0.6) is 0 Å². The number of amides is 2. The lowest BCUT2D eigenvalue weighted by atomic mass is 9.71. The summed E-state index contributed by atoms with van der Waals surface area (Å²) in [7, 11) is 0. The van der Waals surface area contributed by atoms with E-state index in [4.69, 9.17) is 5.73 Å². The maximum absolute atomic E-state index is 13.6. The number of benzene rings is 3. The van der Waals surface area contributed by atoms with Crippen molar-refractivity contribution in [1.82, 2.24) is 10.4 Å². The molecule has 7 heteroatoms. The number of hydrogen-bond donors (Lipinski definition) is 2. The molecule has 1 saturated heterocycles. The van der Waals surface area contributed by atoms with E-state index in [-0.39, 0.29) is 18.3 Å². The summed E-state index contributed by atoms with van der Waals surface area (Å²) in [5.74, 6) is -0.676. The van der Waals surface area contributed by atoms with Crippen LogP contribution in [0, 0.1) is 28.5 Å². The van der Waals surface area contributed by atoms with Gasteiger partial charge in [0.05, 0.1) is 28.8 Å². The Bertz CT molecular complexity index is 1130. The second kappa shape index (κ2) is 7.91. The van der Waals surface area contributed by atoms with E-state index in [0.29, 0.717) is 11.1 Å². The monoisotopic (exact) mass is 411 g/mol. The van der Waals surface area contributed by atoms with Crippen LogP contribution >= 0.6 is 0 Å². The predicted octanol–water partition coefficient (Wildman–Crippen LogP) is 3.50. The predicted molar refractivity (Wildman–Crippen MR) is 112 cm³/mol. The molecule has 1 fully saturated rings. The molecule has 1 heterocycles. The van der Waals surface area contributed by atoms with Gasteiger partial charge in [-0.05, 0) is 53.1 Å². The van der Waals surface area contributed by atoms with Gasteiger partial charge in [-0.25, -0.2) is 14.6 Å². The Balaban J connectivity index is 1.96. The van der Waals surface area contributed by atoms with Crippen LogP contribution in [0.1, 0.15) is 33.7 Å². The second-order valence-corrected chi connectivity index (χ2v) is 7.35. The number of carbonyl (C=O) groups excluding carboxylic acids is 1. The summed E-state index contributed by atoms with van der Waals surface area (Å²) >= 11 is 0. The molecule has 0 radical (unpaired) electrons. The number of urea groups is 1. The van der Waals surface area contributed by atoms with Gasteiger partial charge in [0.1, 0.15) is 5.82 Å². The maximum atomic E-state index is 13.6.